The molecule has 0 spiro atoms. The fourth-order valence-electron chi connectivity index (χ4n) is 1.44. The molecule has 6 heteroatoms. The van der Waals surface area contributed by atoms with Gasteiger partial charge < -0.3 is 19.8 Å². The maximum Gasteiger partial charge on any atom is 0.323 e. The van der Waals surface area contributed by atoms with Crippen molar-refractivity contribution >= 4 is 11.9 Å². The zero-order valence-electron chi connectivity index (χ0n) is 10.00. The van der Waals surface area contributed by atoms with Crippen molar-refractivity contribution in [2.24, 2.45) is 0 Å². The van der Waals surface area contributed by atoms with E-state index in [1.807, 2.05) is 0 Å². The van der Waals surface area contributed by atoms with E-state index in [0.717, 1.165) is 4.90 Å². The summed E-state index contributed by atoms with van der Waals surface area (Å²) in [5.41, 5.74) is 0.243. The Labute approximate surface area is 104 Å². The predicted octanol–water partition coefficient (Wildman–Crippen LogP) is 0.565. The molecule has 0 aliphatic heterocycles. The number of aromatic hydroxyl groups is 1. The number of carbonyl (C=O) groups is 2. The van der Waals surface area contributed by atoms with E-state index in [-0.39, 0.29) is 24.5 Å². The van der Waals surface area contributed by atoms with Crippen molar-refractivity contribution in [3.8, 4) is 5.75 Å². The fraction of sp³-hybridized carbons (Fsp3) is 0.333. The van der Waals surface area contributed by atoms with Crippen molar-refractivity contribution in [3.63, 3.8) is 0 Å². The molecular formula is C12H15NO5. The monoisotopic (exact) mass is 253 g/mol. The molecule has 0 aliphatic rings. The zero-order chi connectivity index (χ0) is 13.5. The number of carboxylic acid groups (broad SMARTS) is 1. The third-order valence-corrected chi connectivity index (χ3v) is 2.27. The molecule has 1 amide bonds. The second kappa shape index (κ2) is 6.61. The Balaban J connectivity index is 2.83. The molecule has 0 atom stereocenters. The Hall–Kier alpha value is -2.08. The molecule has 0 heterocycles. The van der Waals surface area contributed by atoms with Gasteiger partial charge in [0.25, 0.3) is 5.91 Å². The summed E-state index contributed by atoms with van der Waals surface area (Å²) in [6.45, 7) is 0.0208. The number of phenolic OH excluding ortho intramolecular Hbond substituents is 1. The van der Waals surface area contributed by atoms with Crippen LogP contribution in [0.3, 0.4) is 0 Å². The van der Waals surface area contributed by atoms with Crippen LogP contribution < -0.4 is 0 Å². The van der Waals surface area contributed by atoms with Gasteiger partial charge in [0.2, 0.25) is 0 Å². The average molecular weight is 253 g/mol. The molecule has 1 rings (SSSR count). The Morgan fingerprint density at radius 3 is 2.67 bits per heavy atom. The maximum atomic E-state index is 12.0. The van der Waals surface area contributed by atoms with Crippen LogP contribution in [0.1, 0.15) is 10.4 Å². The highest BCUT2D eigenvalue weighted by molar-refractivity contribution is 5.96. The van der Waals surface area contributed by atoms with Gasteiger partial charge in [-0.1, -0.05) is 6.07 Å². The number of methoxy groups -OCH3 is 1. The number of ether oxygens (including phenoxy) is 1. The average Bonchev–Trinajstić information content (AvgIpc) is 2.33. The van der Waals surface area contributed by atoms with Gasteiger partial charge in [0, 0.05) is 19.2 Å². The first-order chi connectivity index (χ1) is 8.54. The summed E-state index contributed by atoms with van der Waals surface area (Å²) >= 11 is 0. The standard InChI is InChI=1S/C12H15NO5/c1-18-6-5-13(8-11(15)16)12(17)9-3-2-4-10(14)7-9/h2-4,7,14H,5-6,8H2,1H3,(H,15,16). The highest BCUT2D eigenvalue weighted by atomic mass is 16.5. The van der Waals surface area contributed by atoms with Crippen LogP contribution >= 0.6 is 0 Å². The number of nitrogens with zero attached hydrogens (tertiary/aromatic N) is 1. The van der Waals surface area contributed by atoms with E-state index in [0.29, 0.717) is 0 Å². The van der Waals surface area contributed by atoms with Gasteiger partial charge in [-0.15, -0.1) is 0 Å². The topological polar surface area (TPSA) is 87.1 Å². The van der Waals surface area contributed by atoms with Gasteiger partial charge in [0.1, 0.15) is 12.3 Å². The molecular weight excluding hydrogens is 238 g/mol. The SMILES string of the molecule is COCCN(CC(=O)O)C(=O)c1cccc(O)c1. The molecule has 18 heavy (non-hydrogen) atoms. The molecule has 1 aromatic carbocycles. The number of carboxylic acids is 1. The predicted molar refractivity (Wildman–Crippen MR) is 63.5 cm³/mol. The van der Waals surface area contributed by atoms with Gasteiger partial charge in [0.15, 0.2) is 0 Å². The molecule has 0 unspecified atom stereocenters. The van der Waals surface area contributed by atoms with Gasteiger partial charge in [-0.3, -0.25) is 9.59 Å². The summed E-state index contributed by atoms with van der Waals surface area (Å²) in [5, 5.41) is 18.0. The van der Waals surface area contributed by atoms with Crippen LogP contribution in [0.2, 0.25) is 0 Å². The van der Waals surface area contributed by atoms with Crippen LogP contribution in [0, 0.1) is 0 Å². The van der Waals surface area contributed by atoms with E-state index < -0.39 is 18.4 Å². The summed E-state index contributed by atoms with van der Waals surface area (Å²) in [7, 11) is 1.47. The maximum absolute atomic E-state index is 12.0. The van der Waals surface area contributed by atoms with Crippen molar-refractivity contribution in [2.45, 2.75) is 0 Å². The first-order valence-corrected chi connectivity index (χ1v) is 5.33. The molecule has 0 aliphatic carbocycles. The summed E-state index contributed by atoms with van der Waals surface area (Å²) in [4.78, 5) is 23.9. The zero-order valence-corrected chi connectivity index (χ0v) is 10.00. The van der Waals surface area contributed by atoms with Crippen LogP contribution in [0.4, 0.5) is 0 Å². The molecule has 0 saturated carbocycles. The van der Waals surface area contributed by atoms with Gasteiger partial charge in [0.05, 0.1) is 6.61 Å². The molecule has 98 valence electrons. The molecule has 0 saturated heterocycles. The summed E-state index contributed by atoms with van der Waals surface area (Å²) in [5.74, 6) is -1.59. The van der Waals surface area contributed by atoms with Crippen LogP contribution in [-0.4, -0.2) is 53.8 Å². The number of aliphatic carboxylic acids is 1. The van der Waals surface area contributed by atoms with Crippen molar-refractivity contribution < 1.29 is 24.5 Å². The minimum absolute atomic E-state index is 0.0390. The number of hydrogen-bond acceptors (Lipinski definition) is 4. The van der Waals surface area contributed by atoms with E-state index in [1.165, 1.54) is 31.4 Å². The fourth-order valence-corrected chi connectivity index (χ4v) is 1.44. The van der Waals surface area contributed by atoms with Crippen LogP contribution in [0.15, 0.2) is 24.3 Å². The first-order valence-electron chi connectivity index (χ1n) is 5.33. The third-order valence-electron chi connectivity index (χ3n) is 2.27. The van der Waals surface area contributed by atoms with E-state index in [1.54, 1.807) is 0 Å². The van der Waals surface area contributed by atoms with Gasteiger partial charge in [-0.2, -0.15) is 0 Å². The Morgan fingerprint density at radius 2 is 2.11 bits per heavy atom. The van der Waals surface area contributed by atoms with E-state index in [4.69, 9.17) is 9.84 Å². The molecule has 2 N–H and O–H groups in total. The molecule has 0 fully saturated rings. The highest BCUT2D eigenvalue weighted by Crippen LogP contribution is 2.13. The van der Waals surface area contributed by atoms with Crippen molar-refractivity contribution in [1.29, 1.82) is 0 Å². The van der Waals surface area contributed by atoms with E-state index in [2.05, 4.69) is 0 Å². The normalized spacial score (nSPS) is 10.1. The van der Waals surface area contributed by atoms with E-state index >= 15 is 0 Å². The molecule has 0 radical (unpaired) electrons. The van der Waals surface area contributed by atoms with Crippen molar-refractivity contribution in [2.75, 3.05) is 26.8 Å². The van der Waals surface area contributed by atoms with Gasteiger partial charge in [-0.05, 0) is 18.2 Å². The molecule has 6 nitrogen and oxygen atoms in total. The Morgan fingerprint density at radius 1 is 1.39 bits per heavy atom. The largest absolute Gasteiger partial charge is 0.508 e. The minimum atomic E-state index is -1.10. The Bertz CT molecular complexity index is 432. The lowest BCUT2D eigenvalue weighted by molar-refractivity contribution is -0.137. The number of carbonyl (C=O) groups excluding carboxylic acids is 1. The van der Waals surface area contributed by atoms with Gasteiger partial charge in [-0.25, -0.2) is 0 Å². The third kappa shape index (κ3) is 4.06. The lowest BCUT2D eigenvalue weighted by atomic mass is 10.2. The van der Waals surface area contributed by atoms with Crippen molar-refractivity contribution in [3.05, 3.63) is 29.8 Å². The number of hydrogen-bond donors (Lipinski definition) is 2. The Kier molecular flexibility index (Phi) is 5.13. The lowest BCUT2D eigenvalue weighted by Crippen LogP contribution is -2.37. The second-order valence-electron chi connectivity index (χ2n) is 3.66. The molecule has 0 bridgehead atoms. The second-order valence-corrected chi connectivity index (χ2v) is 3.66. The summed E-state index contributed by atoms with van der Waals surface area (Å²) in [6, 6.07) is 5.78. The molecule has 0 aromatic heterocycles. The first kappa shape index (κ1) is 14.0. The van der Waals surface area contributed by atoms with Gasteiger partial charge >= 0.3 is 5.97 Å². The number of phenols is 1. The van der Waals surface area contributed by atoms with E-state index in [9.17, 15) is 14.7 Å². The minimum Gasteiger partial charge on any atom is -0.508 e. The number of benzene rings is 1. The van der Waals surface area contributed by atoms with Crippen LogP contribution in [0.5, 0.6) is 5.75 Å². The number of rotatable bonds is 6. The quantitative estimate of drug-likeness (QED) is 0.773. The van der Waals surface area contributed by atoms with Crippen LogP contribution in [0.25, 0.3) is 0 Å². The van der Waals surface area contributed by atoms with Crippen LogP contribution in [-0.2, 0) is 9.53 Å². The number of amides is 1. The summed E-state index contributed by atoms with van der Waals surface area (Å²) < 4.78 is 4.83. The lowest BCUT2D eigenvalue weighted by Gasteiger charge is -2.20. The summed E-state index contributed by atoms with van der Waals surface area (Å²) in [6.07, 6.45) is 0. The smallest absolute Gasteiger partial charge is 0.323 e. The van der Waals surface area contributed by atoms with Crippen molar-refractivity contribution in [1.82, 2.24) is 4.90 Å². The highest BCUT2D eigenvalue weighted by Gasteiger charge is 2.18. The molecule has 1 aromatic rings.